The van der Waals surface area contributed by atoms with Gasteiger partial charge >= 0.3 is 0 Å². The smallest absolute Gasteiger partial charge is 0.164 e. The van der Waals surface area contributed by atoms with Crippen molar-refractivity contribution in [2.45, 2.75) is 64.2 Å². The Morgan fingerprint density at radius 1 is 1.08 bits per heavy atom. The summed E-state index contributed by atoms with van der Waals surface area (Å²) in [6.07, 6.45) is 1.27. The number of rotatable bonds is 6. The maximum Gasteiger partial charge on any atom is 0.164 e. The van der Waals surface area contributed by atoms with Crippen molar-refractivity contribution in [3.05, 3.63) is 42.0 Å². The first kappa shape index (κ1) is 18.5. The number of hydrogen-bond donors (Lipinski definition) is 0. The summed E-state index contributed by atoms with van der Waals surface area (Å²) in [7, 11) is 0. The Morgan fingerprint density at radius 3 is 2.40 bits per heavy atom. The second-order valence-electron chi connectivity index (χ2n) is 7.47. The zero-order valence-corrected chi connectivity index (χ0v) is 15.5. The average molecular weight is 348 g/mol. The SMILES string of the molecule is C=Cc1ccc(COCC2OC(C)(C)OC2C2COC(C)(C)O2)cc1. The normalized spacial score (nSPS) is 30.5. The van der Waals surface area contributed by atoms with Crippen LogP contribution in [0.4, 0.5) is 0 Å². The lowest BCUT2D eigenvalue weighted by Crippen LogP contribution is -2.40. The van der Waals surface area contributed by atoms with Gasteiger partial charge in [-0.25, -0.2) is 0 Å². The molecule has 2 aliphatic rings. The predicted molar refractivity (Wildman–Crippen MR) is 94.9 cm³/mol. The molecule has 2 heterocycles. The minimum absolute atomic E-state index is 0.155. The van der Waals surface area contributed by atoms with Gasteiger partial charge in [0.2, 0.25) is 0 Å². The lowest BCUT2D eigenvalue weighted by Gasteiger charge is -2.23. The average Bonchev–Trinajstić information content (AvgIpc) is 3.06. The quantitative estimate of drug-likeness (QED) is 0.787. The van der Waals surface area contributed by atoms with E-state index >= 15 is 0 Å². The van der Waals surface area contributed by atoms with Crippen molar-refractivity contribution in [3.63, 3.8) is 0 Å². The molecule has 1 aromatic rings. The Hall–Kier alpha value is -1.24. The minimum Gasteiger partial charge on any atom is -0.374 e. The zero-order valence-electron chi connectivity index (χ0n) is 15.5. The van der Waals surface area contributed by atoms with Gasteiger partial charge in [0.25, 0.3) is 0 Å². The Labute approximate surface area is 149 Å². The van der Waals surface area contributed by atoms with Crippen LogP contribution in [0.3, 0.4) is 0 Å². The van der Waals surface area contributed by atoms with E-state index in [1.54, 1.807) is 0 Å². The molecule has 3 rings (SSSR count). The summed E-state index contributed by atoms with van der Waals surface area (Å²) >= 11 is 0. The highest BCUT2D eigenvalue weighted by Crippen LogP contribution is 2.35. The van der Waals surface area contributed by atoms with Crippen LogP contribution in [0.2, 0.25) is 0 Å². The molecular weight excluding hydrogens is 320 g/mol. The molecular formula is C20H28O5. The molecule has 0 spiro atoms. The van der Waals surface area contributed by atoms with E-state index in [0.717, 1.165) is 11.1 Å². The largest absolute Gasteiger partial charge is 0.374 e. The van der Waals surface area contributed by atoms with E-state index in [1.807, 2.05) is 58.0 Å². The third-order valence-corrected chi connectivity index (χ3v) is 4.38. The van der Waals surface area contributed by atoms with E-state index in [2.05, 4.69) is 6.58 Å². The number of hydrogen-bond acceptors (Lipinski definition) is 5. The van der Waals surface area contributed by atoms with Crippen LogP contribution in [0, 0.1) is 0 Å². The number of ether oxygens (including phenoxy) is 5. The van der Waals surface area contributed by atoms with Crippen LogP contribution in [0.15, 0.2) is 30.8 Å². The van der Waals surface area contributed by atoms with Crippen molar-refractivity contribution in [3.8, 4) is 0 Å². The summed E-state index contributed by atoms with van der Waals surface area (Å²) in [5.74, 6) is -1.24. The highest BCUT2D eigenvalue weighted by molar-refractivity contribution is 5.47. The molecule has 5 nitrogen and oxygen atoms in total. The summed E-state index contributed by atoms with van der Waals surface area (Å²) in [4.78, 5) is 0. The molecule has 138 valence electrons. The van der Waals surface area contributed by atoms with Crippen LogP contribution in [-0.2, 0) is 30.3 Å². The fraction of sp³-hybridized carbons (Fsp3) is 0.600. The molecule has 5 heteroatoms. The molecule has 3 unspecified atom stereocenters. The molecule has 2 fully saturated rings. The van der Waals surface area contributed by atoms with Gasteiger partial charge < -0.3 is 23.7 Å². The van der Waals surface area contributed by atoms with Gasteiger partial charge in [-0.15, -0.1) is 0 Å². The Bertz CT molecular complexity index is 593. The van der Waals surface area contributed by atoms with E-state index in [0.29, 0.717) is 19.8 Å². The van der Waals surface area contributed by atoms with Gasteiger partial charge in [-0.3, -0.25) is 0 Å². The van der Waals surface area contributed by atoms with Crippen molar-refractivity contribution < 1.29 is 23.7 Å². The molecule has 0 bridgehead atoms. The summed E-state index contributed by atoms with van der Waals surface area (Å²) < 4.78 is 29.6. The van der Waals surface area contributed by atoms with E-state index in [9.17, 15) is 0 Å². The van der Waals surface area contributed by atoms with Crippen molar-refractivity contribution in [2.24, 2.45) is 0 Å². The Balaban J connectivity index is 1.56. The molecule has 0 aliphatic carbocycles. The zero-order chi connectivity index (χ0) is 18.1. The van der Waals surface area contributed by atoms with Crippen molar-refractivity contribution in [2.75, 3.05) is 13.2 Å². The second kappa shape index (κ2) is 7.17. The van der Waals surface area contributed by atoms with Crippen LogP contribution >= 0.6 is 0 Å². The molecule has 2 aliphatic heterocycles. The molecule has 25 heavy (non-hydrogen) atoms. The Kier molecular flexibility index (Phi) is 5.32. The monoisotopic (exact) mass is 348 g/mol. The first-order chi connectivity index (χ1) is 11.8. The Morgan fingerprint density at radius 2 is 1.80 bits per heavy atom. The highest BCUT2D eigenvalue weighted by Gasteiger charge is 2.49. The van der Waals surface area contributed by atoms with Crippen LogP contribution in [0.25, 0.3) is 6.08 Å². The summed E-state index contributed by atoms with van der Waals surface area (Å²) in [5, 5.41) is 0. The summed E-state index contributed by atoms with van der Waals surface area (Å²) in [6.45, 7) is 12.9. The van der Waals surface area contributed by atoms with Gasteiger partial charge in [0, 0.05) is 0 Å². The molecule has 0 saturated carbocycles. The van der Waals surface area contributed by atoms with E-state index in [1.165, 1.54) is 0 Å². The van der Waals surface area contributed by atoms with Gasteiger partial charge in [0.1, 0.15) is 18.3 Å². The van der Waals surface area contributed by atoms with E-state index in [4.69, 9.17) is 23.7 Å². The van der Waals surface area contributed by atoms with Gasteiger partial charge in [0.15, 0.2) is 11.6 Å². The third-order valence-electron chi connectivity index (χ3n) is 4.38. The van der Waals surface area contributed by atoms with Gasteiger partial charge in [-0.2, -0.15) is 0 Å². The van der Waals surface area contributed by atoms with E-state index in [-0.39, 0.29) is 18.3 Å². The molecule has 3 atom stereocenters. The van der Waals surface area contributed by atoms with Crippen LogP contribution < -0.4 is 0 Å². The summed E-state index contributed by atoms with van der Waals surface area (Å²) in [6, 6.07) is 8.14. The van der Waals surface area contributed by atoms with Crippen molar-refractivity contribution in [1.82, 2.24) is 0 Å². The lowest BCUT2D eigenvalue weighted by atomic mass is 10.1. The molecule has 2 saturated heterocycles. The third kappa shape index (κ3) is 4.68. The van der Waals surface area contributed by atoms with Crippen LogP contribution in [0.1, 0.15) is 38.8 Å². The number of benzene rings is 1. The van der Waals surface area contributed by atoms with Crippen molar-refractivity contribution >= 4 is 6.08 Å². The fourth-order valence-electron chi connectivity index (χ4n) is 3.23. The molecule has 0 radical (unpaired) electrons. The maximum absolute atomic E-state index is 6.05. The van der Waals surface area contributed by atoms with Gasteiger partial charge in [0.05, 0.1) is 19.8 Å². The maximum atomic E-state index is 6.05. The van der Waals surface area contributed by atoms with Gasteiger partial charge in [-0.05, 0) is 38.8 Å². The lowest BCUT2D eigenvalue weighted by molar-refractivity contribution is -0.175. The van der Waals surface area contributed by atoms with Crippen LogP contribution in [-0.4, -0.2) is 43.1 Å². The first-order valence-corrected chi connectivity index (χ1v) is 8.74. The fourth-order valence-corrected chi connectivity index (χ4v) is 3.23. The first-order valence-electron chi connectivity index (χ1n) is 8.74. The van der Waals surface area contributed by atoms with Gasteiger partial charge in [-0.1, -0.05) is 36.9 Å². The minimum atomic E-state index is -0.652. The topological polar surface area (TPSA) is 46.2 Å². The molecule has 1 aromatic carbocycles. The summed E-state index contributed by atoms with van der Waals surface area (Å²) in [5.41, 5.74) is 2.21. The highest BCUT2D eigenvalue weighted by atomic mass is 16.8. The second-order valence-corrected chi connectivity index (χ2v) is 7.47. The predicted octanol–water partition coefficient (Wildman–Crippen LogP) is 3.52. The molecule has 0 N–H and O–H groups in total. The van der Waals surface area contributed by atoms with E-state index < -0.39 is 11.6 Å². The standard InChI is InChI=1S/C20H28O5/c1-6-14-7-9-15(10-8-14)11-21-12-16-18(25-20(4,5)24-16)17-13-22-19(2,3)23-17/h6-10,16-18H,1,11-13H2,2-5H3. The molecule has 0 aromatic heterocycles. The molecule has 0 amide bonds. The van der Waals surface area contributed by atoms with Crippen molar-refractivity contribution in [1.29, 1.82) is 0 Å². The van der Waals surface area contributed by atoms with Crippen LogP contribution in [0.5, 0.6) is 0 Å².